The molecule has 0 spiro atoms. The fraction of sp³-hybridized carbons (Fsp3) is 0.0588. The molecule has 1 amide bonds. The van der Waals surface area contributed by atoms with Gasteiger partial charge in [-0.2, -0.15) is 0 Å². The van der Waals surface area contributed by atoms with Gasteiger partial charge in [0, 0.05) is 33.6 Å². The van der Waals surface area contributed by atoms with Gasteiger partial charge in [0.2, 0.25) is 5.91 Å². The predicted molar refractivity (Wildman–Crippen MR) is 88.0 cm³/mol. The number of carboxylic acids is 1. The number of rotatable bonds is 4. The molecule has 0 aliphatic heterocycles. The van der Waals surface area contributed by atoms with E-state index in [-0.39, 0.29) is 5.56 Å². The molecule has 0 unspecified atom stereocenters. The predicted octanol–water partition coefficient (Wildman–Crippen LogP) is 3.21. The molecular weight excluding hydrogens is 316 g/mol. The molecule has 0 radical (unpaired) electrons. The number of hydrogen-bond donors (Lipinski definition) is 3. The van der Waals surface area contributed by atoms with E-state index in [0.29, 0.717) is 33.6 Å². The Kier molecular flexibility index (Phi) is 3.80. The SMILES string of the molecule is NC(=O)c1ccc2c(C(=O)O)c(Cc3ccccc3Cl)[nH]c2c1. The molecule has 0 fully saturated rings. The van der Waals surface area contributed by atoms with E-state index in [1.807, 2.05) is 18.2 Å². The Hall–Kier alpha value is -2.79. The van der Waals surface area contributed by atoms with E-state index in [4.69, 9.17) is 17.3 Å². The number of halogens is 1. The first-order valence-electron chi connectivity index (χ1n) is 6.88. The second-order valence-electron chi connectivity index (χ2n) is 5.18. The number of H-pyrrole nitrogens is 1. The molecule has 0 atom stereocenters. The summed E-state index contributed by atoms with van der Waals surface area (Å²) in [6, 6.07) is 11.9. The summed E-state index contributed by atoms with van der Waals surface area (Å²) in [6.45, 7) is 0. The lowest BCUT2D eigenvalue weighted by Crippen LogP contribution is -2.10. The van der Waals surface area contributed by atoms with Crippen molar-refractivity contribution in [1.29, 1.82) is 0 Å². The van der Waals surface area contributed by atoms with Gasteiger partial charge >= 0.3 is 5.97 Å². The summed E-state index contributed by atoms with van der Waals surface area (Å²) in [5.41, 5.74) is 7.67. The van der Waals surface area contributed by atoms with Crippen LogP contribution in [0.5, 0.6) is 0 Å². The fourth-order valence-electron chi connectivity index (χ4n) is 2.62. The van der Waals surface area contributed by atoms with Gasteiger partial charge in [-0.3, -0.25) is 4.79 Å². The van der Waals surface area contributed by atoms with Gasteiger partial charge in [0.25, 0.3) is 0 Å². The van der Waals surface area contributed by atoms with Crippen molar-refractivity contribution >= 4 is 34.4 Å². The molecule has 23 heavy (non-hydrogen) atoms. The van der Waals surface area contributed by atoms with Crippen molar-refractivity contribution in [2.45, 2.75) is 6.42 Å². The van der Waals surface area contributed by atoms with Gasteiger partial charge in [-0.25, -0.2) is 4.79 Å². The Morgan fingerprint density at radius 2 is 1.91 bits per heavy atom. The third-order valence-electron chi connectivity index (χ3n) is 3.70. The molecule has 3 rings (SSSR count). The lowest BCUT2D eigenvalue weighted by Gasteiger charge is -2.04. The molecular formula is C17H13ClN2O3. The normalized spacial score (nSPS) is 10.8. The number of hydrogen-bond acceptors (Lipinski definition) is 2. The van der Waals surface area contributed by atoms with Crippen molar-refractivity contribution in [3.8, 4) is 0 Å². The maximum Gasteiger partial charge on any atom is 0.338 e. The summed E-state index contributed by atoms with van der Waals surface area (Å²) in [5, 5.41) is 10.6. The number of carbonyl (C=O) groups excluding carboxylic acids is 1. The third-order valence-corrected chi connectivity index (χ3v) is 4.07. The second-order valence-corrected chi connectivity index (χ2v) is 5.58. The first-order valence-corrected chi connectivity index (χ1v) is 7.26. The standard InChI is InChI=1S/C17H13ClN2O3/c18-12-4-2-1-3-9(12)7-14-15(17(22)23)11-6-5-10(16(19)21)8-13(11)20-14/h1-6,8,20H,7H2,(H2,19,21)(H,22,23). The van der Waals surface area contributed by atoms with Gasteiger partial charge in [-0.15, -0.1) is 0 Å². The quantitative estimate of drug-likeness (QED) is 0.686. The molecule has 2 aromatic carbocycles. The molecule has 6 heteroatoms. The molecule has 5 nitrogen and oxygen atoms in total. The molecule has 0 saturated carbocycles. The summed E-state index contributed by atoms with van der Waals surface area (Å²) >= 11 is 6.15. The number of benzene rings is 2. The van der Waals surface area contributed by atoms with Gasteiger partial charge < -0.3 is 15.8 Å². The van der Waals surface area contributed by atoms with Crippen molar-refractivity contribution in [2.75, 3.05) is 0 Å². The highest BCUT2D eigenvalue weighted by Crippen LogP contribution is 2.27. The minimum Gasteiger partial charge on any atom is -0.478 e. The average Bonchev–Trinajstić information content (AvgIpc) is 2.86. The van der Waals surface area contributed by atoms with Gasteiger partial charge in [-0.05, 0) is 23.8 Å². The number of nitrogens with one attached hydrogen (secondary N) is 1. The summed E-state index contributed by atoms with van der Waals surface area (Å²) in [4.78, 5) is 26.0. The van der Waals surface area contributed by atoms with Crippen LogP contribution in [0.2, 0.25) is 5.02 Å². The number of aromatic carboxylic acids is 1. The zero-order chi connectivity index (χ0) is 16.6. The number of carboxylic acid groups (broad SMARTS) is 1. The van der Waals surface area contributed by atoms with Crippen LogP contribution in [0.3, 0.4) is 0 Å². The van der Waals surface area contributed by atoms with E-state index in [1.54, 1.807) is 18.2 Å². The van der Waals surface area contributed by atoms with E-state index >= 15 is 0 Å². The summed E-state index contributed by atoms with van der Waals surface area (Å²) in [6.07, 6.45) is 0.349. The number of amides is 1. The molecule has 3 aromatic rings. The Labute approximate surface area is 136 Å². The van der Waals surface area contributed by atoms with Crippen LogP contribution in [-0.2, 0) is 6.42 Å². The van der Waals surface area contributed by atoms with Gasteiger partial charge in [-0.1, -0.05) is 35.9 Å². The molecule has 1 aromatic heterocycles. The molecule has 0 bridgehead atoms. The van der Waals surface area contributed by atoms with Crippen LogP contribution in [0.25, 0.3) is 10.9 Å². The van der Waals surface area contributed by atoms with Crippen molar-refractivity contribution in [3.05, 3.63) is 69.9 Å². The van der Waals surface area contributed by atoms with E-state index in [0.717, 1.165) is 5.56 Å². The summed E-state index contributed by atoms with van der Waals surface area (Å²) in [7, 11) is 0. The first kappa shape index (κ1) is 15.1. The smallest absolute Gasteiger partial charge is 0.338 e. The number of primary amides is 1. The maximum atomic E-state index is 11.6. The van der Waals surface area contributed by atoms with Crippen LogP contribution < -0.4 is 5.73 Å². The third kappa shape index (κ3) is 2.78. The highest BCUT2D eigenvalue weighted by atomic mass is 35.5. The van der Waals surface area contributed by atoms with Crippen LogP contribution in [0.15, 0.2) is 42.5 Å². The molecule has 116 valence electrons. The lowest BCUT2D eigenvalue weighted by molar-refractivity contribution is 0.0698. The molecule has 1 heterocycles. The monoisotopic (exact) mass is 328 g/mol. The van der Waals surface area contributed by atoms with E-state index < -0.39 is 11.9 Å². The fourth-order valence-corrected chi connectivity index (χ4v) is 2.82. The molecule has 0 aliphatic carbocycles. The zero-order valence-electron chi connectivity index (χ0n) is 12.0. The Morgan fingerprint density at radius 1 is 1.17 bits per heavy atom. The Bertz CT molecular complexity index is 931. The number of carbonyl (C=O) groups is 2. The zero-order valence-corrected chi connectivity index (χ0v) is 12.7. The van der Waals surface area contributed by atoms with Crippen LogP contribution in [0.1, 0.15) is 32.0 Å². The Morgan fingerprint density at radius 3 is 2.57 bits per heavy atom. The van der Waals surface area contributed by atoms with Gasteiger partial charge in [0.1, 0.15) is 0 Å². The lowest BCUT2D eigenvalue weighted by atomic mass is 10.0. The van der Waals surface area contributed by atoms with Gasteiger partial charge in [0.15, 0.2) is 0 Å². The van der Waals surface area contributed by atoms with E-state index in [1.165, 1.54) is 6.07 Å². The van der Waals surface area contributed by atoms with Crippen molar-refractivity contribution in [2.24, 2.45) is 5.73 Å². The van der Waals surface area contributed by atoms with Crippen LogP contribution in [0, 0.1) is 0 Å². The molecule has 0 saturated heterocycles. The number of fused-ring (bicyclic) bond motifs is 1. The Balaban J connectivity index is 2.15. The summed E-state index contributed by atoms with van der Waals surface area (Å²) in [5.74, 6) is -1.60. The molecule has 0 aliphatic rings. The van der Waals surface area contributed by atoms with E-state index in [9.17, 15) is 14.7 Å². The number of aromatic nitrogens is 1. The van der Waals surface area contributed by atoms with Crippen LogP contribution in [0.4, 0.5) is 0 Å². The maximum absolute atomic E-state index is 11.6. The average molecular weight is 329 g/mol. The van der Waals surface area contributed by atoms with Crippen LogP contribution in [-0.4, -0.2) is 22.0 Å². The van der Waals surface area contributed by atoms with Crippen molar-refractivity contribution < 1.29 is 14.7 Å². The molecule has 4 N–H and O–H groups in total. The topological polar surface area (TPSA) is 96.2 Å². The number of nitrogens with two attached hydrogens (primary N) is 1. The minimum absolute atomic E-state index is 0.177. The van der Waals surface area contributed by atoms with Gasteiger partial charge in [0.05, 0.1) is 5.56 Å². The van der Waals surface area contributed by atoms with Crippen molar-refractivity contribution in [3.63, 3.8) is 0 Å². The van der Waals surface area contributed by atoms with E-state index in [2.05, 4.69) is 4.98 Å². The highest BCUT2D eigenvalue weighted by molar-refractivity contribution is 6.31. The van der Waals surface area contributed by atoms with Crippen LogP contribution >= 0.6 is 11.6 Å². The number of aromatic amines is 1. The second kappa shape index (κ2) is 5.78. The largest absolute Gasteiger partial charge is 0.478 e. The summed E-state index contributed by atoms with van der Waals surface area (Å²) < 4.78 is 0. The highest BCUT2D eigenvalue weighted by Gasteiger charge is 2.19. The first-order chi connectivity index (χ1) is 11.0. The van der Waals surface area contributed by atoms with Crippen molar-refractivity contribution in [1.82, 2.24) is 4.98 Å². The minimum atomic E-state index is -1.04.